The van der Waals surface area contributed by atoms with Gasteiger partial charge in [-0.15, -0.1) is 13.2 Å². The third-order valence-electron chi connectivity index (χ3n) is 5.54. The highest BCUT2D eigenvalue weighted by molar-refractivity contribution is 7.92. The number of halogens is 3. The number of nitrogens with zero attached hydrogens (tertiary/aromatic N) is 3. The second-order valence-corrected chi connectivity index (χ2v) is 9.88. The van der Waals surface area contributed by atoms with Gasteiger partial charge in [-0.05, 0) is 30.7 Å². The highest BCUT2D eigenvalue weighted by Crippen LogP contribution is 2.32. The van der Waals surface area contributed by atoms with Crippen LogP contribution >= 0.6 is 0 Å². The molecule has 3 rings (SSSR count). The van der Waals surface area contributed by atoms with E-state index in [1.807, 2.05) is 4.72 Å². The zero-order chi connectivity index (χ0) is 26.3. The standard InChI is InChI=1S/C22H28F3N5O5S/c1-34-19-4-7-27-15-17(19)5-8-29-9-11-30(12-10-29)21(31)16-2-3-18(28-36(32,33)13-6-26)20(14-16)35-22(23,24)25/h2-4,7,14-15,28H,5-6,8-13,26H2,1H3. The van der Waals surface area contributed by atoms with Crippen LogP contribution in [0.4, 0.5) is 18.9 Å². The Morgan fingerprint density at radius 1 is 1.17 bits per heavy atom. The Bertz CT molecular complexity index is 1160. The molecule has 1 aliphatic heterocycles. The molecule has 0 unspecified atom stereocenters. The maximum absolute atomic E-state index is 13.0. The lowest BCUT2D eigenvalue weighted by Gasteiger charge is -2.35. The molecule has 3 N–H and O–H groups in total. The van der Waals surface area contributed by atoms with Gasteiger partial charge in [0.2, 0.25) is 10.0 Å². The summed E-state index contributed by atoms with van der Waals surface area (Å²) in [7, 11) is -2.39. The number of carbonyl (C=O) groups is 1. The van der Waals surface area contributed by atoms with Gasteiger partial charge in [-0.25, -0.2) is 8.42 Å². The summed E-state index contributed by atoms with van der Waals surface area (Å²) >= 11 is 0. The molecule has 0 atom stereocenters. The average molecular weight is 532 g/mol. The fraction of sp³-hybridized carbons (Fsp3) is 0.455. The number of rotatable bonds is 10. The quantitative estimate of drug-likeness (QED) is 0.474. The number of carbonyl (C=O) groups excluding carboxylic acids is 1. The van der Waals surface area contributed by atoms with Gasteiger partial charge in [-0.1, -0.05) is 0 Å². The second kappa shape index (κ2) is 11.8. The number of sulfonamides is 1. The first kappa shape index (κ1) is 27.5. The predicted molar refractivity (Wildman–Crippen MR) is 126 cm³/mol. The number of alkyl halides is 3. The highest BCUT2D eigenvalue weighted by atomic mass is 32.2. The molecule has 0 aliphatic carbocycles. The third kappa shape index (κ3) is 7.70. The summed E-state index contributed by atoms with van der Waals surface area (Å²) in [5, 5.41) is 0. The van der Waals surface area contributed by atoms with Crippen molar-refractivity contribution in [1.82, 2.24) is 14.8 Å². The molecule has 2 aromatic rings. The lowest BCUT2D eigenvalue weighted by atomic mass is 10.1. The van der Waals surface area contributed by atoms with Crippen molar-refractivity contribution in [2.24, 2.45) is 5.73 Å². The van der Waals surface area contributed by atoms with Crippen molar-refractivity contribution < 1.29 is 35.9 Å². The van der Waals surface area contributed by atoms with Gasteiger partial charge in [0.25, 0.3) is 5.91 Å². The molecule has 1 amide bonds. The minimum Gasteiger partial charge on any atom is -0.496 e. The largest absolute Gasteiger partial charge is 0.573 e. The minimum atomic E-state index is -5.09. The van der Waals surface area contributed by atoms with Crippen molar-refractivity contribution in [3.05, 3.63) is 47.8 Å². The van der Waals surface area contributed by atoms with Gasteiger partial charge in [0.05, 0.1) is 18.6 Å². The Morgan fingerprint density at radius 2 is 1.89 bits per heavy atom. The third-order valence-corrected chi connectivity index (χ3v) is 6.85. The van der Waals surface area contributed by atoms with Crippen LogP contribution in [-0.4, -0.2) is 87.6 Å². The van der Waals surface area contributed by atoms with E-state index in [0.717, 1.165) is 30.0 Å². The smallest absolute Gasteiger partial charge is 0.496 e. The maximum Gasteiger partial charge on any atom is 0.573 e. The van der Waals surface area contributed by atoms with E-state index in [9.17, 15) is 26.4 Å². The summed E-state index contributed by atoms with van der Waals surface area (Å²) in [4.78, 5) is 20.8. The van der Waals surface area contributed by atoms with Gasteiger partial charge >= 0.3 is 6.36 Å². The molecule has 2 heterocycles. The first-order valence-corrected chi connectivity index (χ1v) is 12.8. The van der Waals surface area contributed by atoms with E-state index >= 15 is 0 Å². The minimum absolute atomic E-state index is 0.0513. The SMILES string of the molecule is COc1ccncc1CCN1CCN(C(=O)c2ccc(NS(=O)(=O)CCN)c(OC(F)(F)F)c2)CC1. The molecular weight excluding hydrogens is 503 g/mol. The monoisotopic (exact) mass is 531 g/mol. The Labute approximate surface area is 207 Å². The topological polar surface area (TPSA) is 127 Å². The van der Waals surface area contributed by atoms with Crippen molar-refractivity contribution in [1.29, 1.82) is 0 Å². The molecule has 1 aromatic heterocycles. The molecule has 1 aliphatic rings. The van der Waals surface area contributed by atoms with Crippen LogP contribution < -0.4 is 19.9 Å². The van der Waals surface area contributed by atoms with Gasteiger partial charge in [0.15, 0.2) is 5.75 Å². The van der Waals surface area contributed by atoms with Crippen LogP contribution in [0.15, 0.2) is 36.7 Å². The molecule has 14 heteroatoms. The van der Waals surface area contributed by atoms with Crippen LogP contribution in [0.5, 0.6) is 11.5 Å². The van der Waals surface area contributed by atoms with Crippen molar-refractivity contribution in [2.75, 3.05) is 56.9 Å². The fourth-order valence-electron chi connectivity index (χ4n) is 3.76. The molecular formula is C22H28F3N5O5S. The molecule has 1 aromatic carbocycles. The van der Waals surface area contributed by atoms with E-state index in [1.165, 1.54) is 11.0 Å². The molecule has 0 saturated carbocycles. The summed E-state index contributed by atoms with van der Waals surface area (Å²) in [5.41, 5.74) is 5.72. The molecule has 0 spiro atoms. The van der Waals surface area contributed by atoms with Gasteiger partial charge in [0.1, 0.15) is 5.75 Å². The van der Waals surface area contributed by atoms with Gasteiger partial charge < -0.3 is 20.1 Å². The van der Waals surface area contributed by atoms with Crippen LogP contribution in [0.3, 0.4) is 0 Å². The van der Waals surface area contributed by atoms with Crippen molar-refractivity contribution in [3.8, 4) is 11.5 Å². The van der Waals surface area contributed by atoms with Crippen LogP contribution in [0.1, 0.15) is 15.9 Å². The zero-order valence-corrected chi connectivity index (χ0v) is 20.4. The number of hydrogen-bond donors (Lipinski definition) is 2. The van der Waals surface area contributed by atoms with Gasteiger partial charge in [0, 0.05) is 62.8 Å². The normalized spacial score (nSPS) is 15.0. The number of hydrogen-bond acceptors (Lipinski definition) is 8. The number of methoxy groups -OCH3 is 1. The number of ether oxygens (including phenoxy) is 2. The molecule has 198 valence electrons. The number of aromatic nitrogens is 1. The van der Waals surface area contributed by atoms with Crippen molar-refractivity contribution >= 4 is 21.6 Å². The first-order valence-electron chi connectivity index (χ1n) is 11.1. The number of piperazine rings is 1. The summed E-state index contributed by atoms with van der Waals surface area (Å²) in [6.45, 7) is 2.43. The summed E-state index contributed by atoms with van der Waals surface area (Å²) < 4.78 is 74.1. The van der Waals surface area contributed by atoms with Crippen LogP contribution in [0, 0.1) is 0 Å². The molecule has 0 bridgehead atoms. The average Bonchev–Trinajstić information content (AvgIpc) is 2.82. The number of anilines is 1. The van der Waals surface area contributed by atoms with E-state index < -0.39 is 39.5 Å². The Balaban J connectivity index is 1.65. The number of nitrogens with two attached hydrogens (primary N) is 1. The Morgan fingerprint density at radius 3 is 2.53 bits per heavy atom. The van der Waals surface area contributed by atoms with Gasteiger partial charge in [-0.3, -0.25) is 19.4 Å². The summed E-state index contributed by atoms with van der Waals surface area (Å²) in [6, 6.07) is 5.00. The number of benzene rings is 1. The van der Waals surface area contributed by atoms with E-state index in [4.69, 9.17) is 10.5 Å². The summed E-state index contributed by atoms with van der Waals surface area (Å²) in [5.74, 6) is -1.04. The van der Waals surface area contributed by atoms with E-state index in [2.05, 4.69) is 14.6 Å². The Hall–Kier alpha value is -3.10. The molecule has 1 fully saturated rings. The first-order chi connectivity index (χ1) is 17.0. The van der Waals surface area contributed by atoms with Crippen LogP contribution in [0.25, 0.3) is 0 Å². The number of amides is 1. The number of nitrogens with one attached hydrogen (secondary N) is 1. The van der Waals surface area contributed by atoms with E-state index in [1.54, 1.807) is 25.6 Å². The maximum atomic E-state index is 13.0. The lowest BCUT2D eigenvalue weighted by molar-refractivity contribution is -0.274. The molecule has 10 nitrogen and oxygen atoms in total. The lowest BCUT2D eigenvalue weighted by Crippen LogP contribution is -2.49. The van der Waals surface area contributed by atoms with Crippen molar-refractivity contribution in [3.63, 3.8) is 0 Å². The molecule has 36 heavy (non-hydrogen) atoms. The van der Waals surface area contributed by atoms with E-state index in [0.29, 0.717) is 32.6 Å². The highest BCUT2D eigenvalue weighted by Gasteiger charge is 2.33. The van der Waals surface area contributed by atoms with Crippen molar-refractivity contribution in [2.45, 2.75) is 12.8 Å². The predicted octanol–water partition coefficient (Wildman–Crippen LogP) is 1.69. The van der Waals surface area contributed by atoms with Crippen LogP contribution in [0.2, 0.25) is 0 Å². The molecule has 1 saturated heterocycles. The van der Waals surface area contributed by atoms with E-state index in [-0.39, 0.29) is 12.1 Å². The Kier molecular flexibility index (Phi) is 8.98. The van der Waals surface area contributed by atoms with Gasteiger partial charge in [-0.2, -0.15) is 0 Å². The zero-order valence-electron chi connectivity index (χ0n) is 19.6. The molecule has 0 radical (unpaired) electrons. The van der Waals surface area contributed by atoms with Crippen LogP contribution in [-0.2, 0) is 16.4 Å². The second-order valence-electron chi connectivity index (χ2n) is 8.04. The fourth-order valence-corrected chi connectivity index (χ4v) is 4.68. The number of pyridine rings is 1. The summed E-state index contributed by atoms with van der Waals surface area (Å²) in [6.07, 6.45) is -0.971.